The summed E-state index contributed by atoms with van der Waals surface area (Å²) in [4.78, 5) is 43.5. The molecule has 0 aliphatic heterocycles. The van der Waals surface area contributed by atoms with Crippen LogP contribution in [0, 0.1) is 19.7 Å². The number of halogens is 1. The van der Waals surface area contributed by atoms with E-state index in [9.17, 15) is 22.8 Å². The van der Waals surface area contributed by atoms with Crippen LogP contribution in [0.25, 0.3) is 16.6 Å². The lowest BCUT2D eigenvalue weighted by atomic mass is 10.2. The summed E-state index contributed by atoms with van der Waals surface area (Å²) in [5.74, 6) is -1.11. The van der Waals surface area contributed by atoms with Gasteiger partial charge in [-0.3, -0.25) is 28.6 Å². The lowest BCUT2D eigenvalue weighted by Crippen LogP contribution is -2.34. The van der Waals surface area contributed by atoms with Gasteiger partial charge in [-0.15, -0.1) is 0 Å². The number of esters is 1. The standard InChI is InChI=1S/C33H32FN5O6.C7H8O3S/c1-19(44-33(42)20(2)35)18-38-21(3)30(32(41)39(38)23-8-6-5-7-9-23)31(40)37-22-10-13-29(26(34)16-22)45-28-14-15-36-27-17-24(43-4)11-12-25(27)28;1-6-2-4-7(5-3-6)11(8,9)10/h5-17,19-20H,18,35H2,1-4H3,(H,37,40);2-5H,1H3,(H,8,9,10)/t19-,20+;/m1./s1. The lowest BCUT2D eigenvalue weighted by Gasteiger charge is -2.19. The fourth-order valence-electron chi connectivity index (χ4n) is 5.54. The summed E-state index contributed by atoms with van der Waals surface area (Å²) in [5, 5.41) is 3.28. The normalized spacial score (nSPS) is 12.2. The molecule has 56 heavy (non-hydrogen) atoms. The van der Waals surface area contributed by atoms with Crippen LogP contribution in [0.2, 0.25) is 0 Å². The van der Waals surface area contributed by atoms with E-state index < -0.39 is 45.5 Å². The zero-order valence-electron chi connectivity index (χ0n) is 31.1. The maximum Gasteiger partial charge on any atom is 0.322 e. The zero-order chi connectivity index (χ0) is 40.7. The number of amides is 1. The number of rotatable bonds is 11. The van der Waals surface area contributed by atoms with Crippen molar-refractivity contribution in [1.29, 1.82) is 0 Å². The number of anilines is 1. The van der Waals surface area contributed by atoms with Crippen molar-refractivity contribution >= 4 is 38.6 Å². The van der Waals surface area contributed by atoms with Crippen LogP contribution in [0.15, 0.2) is 113 Å². The molecule has 0 saturated carbocycles. The first-order chi connectivity index (χ1) is 26.6. The first-order valence-electron chi connectivity index (χ1n) is 17.2. The van der Waals surface area contributed by atoms with E-state index in [1.807, 2.05) is 6.92 Å². The Bertz CT molecular complexity index is 2540. The van der Waals surface area contributed by atoms with Crippen LogP contribution in [0.5, 0.6) is 17.2 Å². The number of aromatic nitrogens is 3. The number of carbonyl (C=O) groups excluding carboxylic acids is 2. The van der Waals surface area contributed by atoms with Crippen LogP contribution >= 0.6 is 0 Å². The minimum atomic E-state index is -4.02. The Hall–Kier alpha value is -6.36. The van der Waals surface area contributed by atoms with Gasteiger partial charge in [-0.25, -0.2) is 9.07 Å². The van der Waals surface area contributed by atoms with E-state index in [-0.39, 0.29) is 28.4 Å². The summed E-state index contributed by atoms with van der Waals surface area (Å²) >= 11 is 0. The molecular weight excluding hydrogens is 746 g/mol. The smallest absolute Gasteiger partial charge is 0.322 e. The van der Waals surface area contributed by atoms with Gasteiger partial charge in [0, 0.05) is 29.4 Å². The van der Waals surface area contributed by atoms with E-state index in [2.05, 4.69) is 10.3 Å². The van der Waals surface area contributed by atoms with Gasteiger partial charge in [0.05, 0.1) is 35.4 Å². The summed E-state index contributed by atoms with van der Waals surface area (Å²) in [6.45, 7) is 6.70. The number of carbonyl (C=O) groups is 2. The number of methoxy groups -OCH3 is 1. The molecule has 0 spiro atoms. The van der Waals surface area contributed by atoms with Gasteiger partial charge in [0.25, 0.3) is 21.6 Å². The van der Waals surface area contributed by atoms with Crippen LogP contribution in [0.4, 0.5) is 10.1 Å². The van der Waals surface area contributed by atoms with Crippen LogP contribution in [0.1, 0.15) is 35.5 Å². The Labute approximate surface area is 322 Å². The molecule has 6 rings (SSSR count). The Morgan fingerprint density at radius 1 is 0.946 bits per heavy atom. The molecule has 0 bridgehead atoms. The van der Waals surface area contributed by atoms with Crippen molar-refractivity contribution in [3.8, 4) is 22.9 Å². The molecule has 2 heterocycles. The third-order valence-corrected chi connectivity index (χ3v) is 9.25. The molecule has 1 amide bonds. The quantitative estimate of drug-likeness (QED) is 0.0999. The monoisotopic (exact) mass is 785 g/mol. The first-order valence-corrected chi connectivity index (χ1v) is 18.6. The highest BCUT2D eigenvalue weighted by atomic mass is 32.2. The van der Waals surface area contributed by atoms with E-state index in [1.54, 1.807) is 98.6 Å². The van der Waals surface area contributed by atoms with E-state index in [0.29, 0.717) is 33.8 Å². The number of benzene rings is 4. The maximum absolute atomic E-state index is 15.2. The molecular formula is C40H40FN5O9S. The van der Waals surface area contributed by atoms with E-state index in [4.69, 9.17) is 24.5 Å². The molecule has 0 unspecified atom stereocenters. The molecule has 4 aromatic carbocycles. The minimum absolute atomic E-state index is 0.0666. The molecule has 0 aliphatic carbocycles. The first kappa shape index (κ1) is 40.8. The van der Waals surface area contributed by atoms with Gasteiger partial charge in [0.1, 0.15) is 29.2 Å². The van der Waals surface area contributed by atoms with Crippen molar-refractivity contribution in [2.24, 2.45) is 5.73 Å². The second kappa shape index (κ2) is 17.4. The molecule has 4 N–H and O–H groups in total. The largest absolute Gasteiger partial charge is 0.497 e. The van der Waals surface area contributed by atoms with Crippen molar-refractivity contribution in [1.82, 2.24) is 14.3 Å². The maximum atomic E-state index is 15.2. The van der Waals surface area contributed by atoms with Gasteiger partial charge in [0.15, 0.2) is 11.6 Å². The zero-order valence-corrected chi connectivity index (χ0v) is 31.9. The number of hydrogen-bond donors (Lipinski definition) is 3. The lowest BCUT2D eigenvalue weighted by molar-refractivity contribution is -0.150. The molecule has 0 fully saturated rings. The van der Waals surface area contributed by atoms with Crippen molar-refractivity contribution < 1.29 is 41.2 Å². The molecule has 14 nitrogen and oxygen atoms in total. The second-order valence-corrected chi connectivity index (χ2v) is 14.1. The summed E-state index contributed by atoms with van der Waals surface area (Å²) in [7, 11) is -2.47. The minimum Gasteiger partial charge on any atom is -0.497 e. The number of nitrogens with one attached hydrogen (secondary N) is 1. The summed E-state index contributed by atoms with van der Waals surface area (Å²) in [6.07, 6.45) is 0.880. The second-order valence-electron chi connectivity index (χ2n) is 12.7. The molecule has 2 atom stereocenters. The average Bonchev–Trinajstić information content (AvgIpc) is 3.40. The van der Waals surface area contributed by atoms with Gasteiger partial charge in [-0.2, -0.15) is 8.42 Å². The Morgan fingerprint density at radius 3 is 2.27 bits per heavy atom. The summed E-state index contributed by atoms with van der Waals surface area (Å²) in [6, 6.07) is 24.8. The number of aryl methyl sites for hydroxylation is 1. The van der Waals surface area contributed by atoms with E-state index in [0.717, 1.165) is 11.6 Å². The van der Waals surface area contributed by atoms with Gasteiger partial charge < -0.3 is 25.3 Å². The van der Waals surface area contributed by atoms with Crippen molar-refractivity contribution in [3.63, 3.8) is 0 Å². The van der Waals surface area contributed by atoms with Crippen LogP contribution < -0.4 is 26.1 Å². The molecule has 16 heteroatoms. The third kappa shape index (κ3) is 9.65. The highest BCUT2D eigenvalue weighted by Gasteiger charge is 2.26. The van der Waals surface area contributed by atoms with Crippen molar-refractivity contribution in [2.45, 2.75) is 51.3 Å². The number of nitrogens with zero attached hydrogens (tertiary/aromatic N) is 3. The predicted octanol–water partition coefficient (Wildman–Crippen LogP) is 6.21. The molecule has 6 aromatic rings. The molecule has 0 saturated heterocycles. The number of para-hydroxylation sites is 1. The summed E-state index contributed by atoms with van der Waals surface area (Å²) in [5.41, 5.74) is 7.40. The fourth-order valence-corrected chi connectivity index (χ4v) is 6.02. The Balaban J connectivity index is 0.000000470. The fraction of sp³-hybridized carbons (Fsp3) is 0.200. The third-order valence-electron chi connectivity index (χ3n) is 8.38. The number of pyridine rings is 1. The van der Waals surface area contributed by atoms with Crippen LogP contribution in [-0.4, -0.2) is 58.5 Å². The molecule has 0 aliphatic rings. The number of fused-ring (bicyclic) bond motifs is 1. The Morgan fingerprint density at radius 2 is 1.64 bits per heavy atom. The molecule has 292 valence electrons. The number of nitrogens with two attached hydrogens (primary N) is 1. The highest BCUT2D eigenvalue weighted by molar-refractivity contribution is 7.85. The highest BCUT2D eigenvalue weighted by Crippen LogP contribution is 2.33. The van der Waals surface area contributed by atoms with Crippen LogP contribution in [0.3, 0.4) is 0 Å². The van der Waals surface area contributed by atoms with Gasteiger partial charge in [-0.05, 0) is 82.3 Å². The van der Waals surface area contributed by atoms with Crippen molar-refractivity contribution in [2.75, 3.05) is 12.4 Å². The van der Waals surface area contributed by atoms with E-state index in [1.165, 1.54) is 35.9 Å². The van der Waals surface area contributed by atoms with E-state index >= 15 is 4.39 Å². The van der Waals surface area contributed by atoms with Gasteiger partial charge in [-0.1, -0.05) is 35.9 Å². The number of hydrogen-bond acceptors (Lipinski definition) is 10. The molecule has 2 aromatic heterocycles. The van der Waals surface area contributed by atoms with Gasteiger partial charge in [0.2, 0.25) is 0 Å². The predicted molar refractivity (Wildman–Crippen MR) is 208 cm³/mol. The summed E-state index contributed by atoms with van der Waals surface area (Å²) < 4.78 is 64.2. The van der Waals surface area contributed by atoms with Crippen LogP contribution in [-0.2, 0) is 26.2 Å². The topological polar surface area (TPSA) is 194 Å². The molecule has 0 radical (unpaired) electrons. The van der Waals surface area contributed by atoms with Crippen molar-refractivity contribution in [3.05, 3.63) is 136 Å². The average molecular weight is 786 g/mol. The SMILES string of the molecule is COc1ccc2c(Oc3ccc(NC(=O)c4c(C)n(C[C@@H](C)OC(=O)[C@H](C)N)n(-c5ccccc5)c4=O)cc3F)ccnc2c1.Cc1ccc(S(=O)(=O)O)cc1. The number of ether oxygens (including phenoxy) is 3. The van der Waals surface area contributed by atoms with Gasteiger partial charge >= 0.3 is 5.97 Å². The Kier molecular flexibility index (Phi) is 12.7.